The Labute approximate surface area is 110 Å². The lowest BCUT2D eigenvalue weighted by molar-refractivity contribution is 0.00578. The Morgan fingerprint density at radius 3 is 2.17 bits per heavy atom. The van der Waals surface area contributed by atoms with Gasteiger partial charge in [-0.05, 0) is 45.6 Å². The van der Waals surface area contributed by atoms with E-state index in [-0.39, 0.29) is 24.4 Å². The number of hydrogen-bond acceptors (Lipinski definition) is 3. The van der Waals surface area contributed by atoms with Crippen LogP contribution in [0.2, 0.25) is 0 Å². The summed E-state index contributed by atoms with van der Waals surface area (Å²) in [6.07, 6.45) is 0. The second-order valence-electron chi connectivity index (χ2n) is 6.05. The molecule has 1 fully saturated rings. The summed E-state index contributed by atoms with van der Waals surface area (Å²) in [6, 6.07) is 8.13. The molecule has 2 N–H and O–H groups in total. The van der Waals surface area contributed by atoms with Gasteiger partial charge in [-0.2, -0.15) is 0 Å². The molecule has 1 heterocycles. The lowest BCUT2D eigenvalue weighted by Crippen LogP contribution is -2.41. The van der Waals surface area contributed by atoms with Crippen molar-refractivity contribution in [3.05, 3.63) is 29.8 Å². The van der Waals surface area contributed by atoms with Crippen LogP contribution in [0.25, 0.3) is 0 Å². The summed E-state index contributed by atoms with van der Waals surface area (Å²) in [5, 5.41) is 0. The largest absolute Gasteiger partial charge is 0.494 e. The molecule has 1 aliphatic rings. The van der Waals surface area contributed by atoms with Crippen molar-refractivity contribution in [3.63, 3.8) is 0 Å². The van der Waals surface area contributed by atoms with Crippen LogP contribution in [0, 0.1) is 0 Å². The molecule has 0 aromatic heterocycles. The molecule has 1 aromatic carbocycles. The van der Waals surface area contributed by atoms with Gasteiger partial charge in [-0.1, -0.05) is 24.3 Å². The third kappa shape index (κ3) is 2.33. The zero-order valence-electron chi connectivity index (χ0n) is 11.9. The molecule has 2 rings (SSSR count). The van der Waals surface area contributed by atoms with Gasteiger partial charge in [-0.3, -0.25) is 0 Å². The van der Waals surface area contributed by atoms with Crippen molar-refractivity contribution in [3.8, 4) is 0 Å². The van der Waals surface area contributed by atoms with Crippen LogP contribution in [0.1, 0.15) is 46.2 Å². The van der Waals surface area contributed by atoms with Crippen LogP contribution in [0.5, 0.6) is 0 Å². The molecule has 0 aliphatic carbocycles. The first kappa shape index (κ1) is 13.6. The minimum Gasteiger partial charge on any atom is -0.399 e. The summed E-state index contributed by atoms with van der Waals surface area (Å²) < 4.78 is 12.0. The Kier molecular flexibility index (Phi) is 3.30. The van der Waals surface area contributed by atoms with E-state index >= 15 is 0 Å². The second kappa shape index (κ2) is 4.37. The minimum absolute atomic E-state index is 0.0207. The van der Waals surface area contributed by atoms with Gasteiger partial charge >= 0.3 is 7.12 Å². The third-order valence-electron chi connectivity index (χ3n) is 3.96. The van der Waals surface area contributed by atoms with E-state index in [9.17, 15) is 0 Å². The van der Waals surface area contributed by atoms with Crippen LogP contribution in [0.4, 0.5) is 0 Å². The molecule has 1 unspecified atom stereocenters. The topological polar surface area (TPSA) is 44.5 Å². The fourth-order valence-corrected chi connectivity index (χ4v) is 1.97. The first-order valence-electron chi connectivity index (χ1n) is 6.44. The molecule has 4 heteroatoms. The van der Waals surface area contributed by atoms with Crippen LogP contribution in [-0.4, -0.2) is 18.3 Å². The molecular weight excluding hydrogens is 225 g/mol. The molecule has 0 spiro atoms. The molecule has 3 nitrogen and oxygen atoms in total. The fourth-order valence-electron chi connectivity index (χ4n) is 1.97. The van der Waals surface area contributed by atoms with Gasteiger partial charge in [0, 0.05) is 6.04 Å². The van der Waals surface area contributed by atoms with Crippen molar-refractivity contribution >= 4 is 12.6 Å². The second-order valence-corrected chi connectivity index (χ2v) is 6.05. The van der Waals surface area contributed by atoms with E-state index in [2.05, 4.69) is 33.8 Å². The zero-order chi connectivity index (χ0) is 13.6. The highest BCUT2D eigenvalue weighted by Crippen LogP contribution is 2.36. The molecule has 0 radical (unpaired) electrons. The van der Waals surface area contributed by atoms with E-state index in [0.29, 0.717) is 0 Å². The number of rotatable bonds is 2. The standard InChI is InChI=1S/C14H22BNO2/c1-10(16)11-7-6-8-12(9-11)15-17-13(2,3)14(4,5)18-15/h6-10H,16H2,1-5H3. The molecule has 98 valence electrons. The highest BCUT2D eigenvalue weighted by molar-refractivity contribution is 6.62. The first-order chi connectivity index (χ1) is 8.23. The van der Waals surface area contributed by atoms with Crippen molar-refractivity contribution < 1.29 is 9.31 Å². The summed E-state index contributed by atoms with van der Waals surface area (Å²) in [6.45, 7) is 10.2. The molecule has 0 bridgehead atoms. The average Bonchev–Trinajstić information content (AvgIpc) is 2.48. The van der Waals surface area contributed by atoms with Crippen LogP contribution in [0.15, 0.2) is 24.3 Å². The average molecular weight is 247 g/mol. The van der Waals surface area contributed by atoms with E-state index in [1.807, 2.05) is 25.1 Å². The summed E-state index contributed by atoms with van der Waals surface area (Å²) in [5.41, 5.74) is 7.43. The van der Waals surface area contributed by atoms with E-state index in [1.54, 1.807) is 0 Å². The van der Waals surface area contributed by atoms with Gasteiger partial charge in [-0.15, -0.1) is 0 Å². The van der Waals surface area contributed by atoms with Crippen molar-refractivity contribution in [2.24, 2.45) is 5.73 Å². The molecule has 1 aliphatic heterocycles. The van der Waals surface area contributed by atoms with E-state index in [4.69, 9.17) is 15.0 Å². The van der Waals surface area contributed by atoms with Gasteiger partial charge in [0.1, 0.15) is 0 Å². The van der Waals surface area contributed by atoms with Crippen molar-refractivity contribution in [1.82, 2.24) is 0 Å². The van der Waals surface area contributed by atoms with E-state index in [1.165, 1.54) is 0 Å². The van der Waals surface area contributed by atoms with Gasteiger partial charge in [0.05, 0.1) is 11.2 Å². The molecule has 18 heavy (non-hydrogen) atoms. The number of nitrogens with two attached hydrogens (primary N) is 1. The normalized spacial score (nSPS) is 23.1. The van der Waals surface area contributed by atoms with Crippen LogP contribution in [-0.2, 0) is 9.31 Å². The van der Waals surface area contributed by atoms with Gasteiger partial charge in [0.25, 0.3) is 0 Å². The summed E-state index contributed by atoms with van der Waals surface area (Å²) >= 11 is 0. The zero-order valence-corrected chi connectivity index (χ0v) is 11.9. The van der Waals surface area contributed by atoms with Crippen LogP contribution < -0.4 is 11.2 Å². The molecule has 0 saturated carbocycles. The predicted octanol–water partition coefficient (Wildman–Crippen LogP) is 2.01. The quantitative estimate of drug-likeness (QED) is 0.813. The highest BCUT2D eigenvalue weighted by Gasteiger charge is 2.51. The maximum atomic E-state index is 6.02. The monoisotopic (exact) mass is 247 g/mol. The lowest BCUT2D eigenvalue weighted by Gasteiger charge is -2.32. The fraction of sp³-hybridized carbons (Fsp3) is 0.571. The van der Waals surface area contributed by atoms with E-state index in [0.717, 1.165) is 11.0 Å². The first-order valence-corrected chi connectivity index (χ1v) is 6.44. The van der Waals surface area contributed by atoms with Crippen molar-refractivity contribution in [2.75, 3.05) is 0 Å². The Hall–Kier alpha value is -0.835. The number of hydrogen-bond donors (Lipinski definition) is 1. The lowest BCUT2D eigenvalue weighted by atomic mass is 9.78. The van der Waals surface area contributed by atoms with Crippen LogP contribution in [0.3, 0.4) is 0 Å². The van der Waals surface area contributed by atoms with Crippen LogP contribution >= 0.6 is 0 Å². The molecule has 0 amide bonds. The Morgan fingerprint density at radius 1 is 1.11 bits per heavy atom. The van der Waals surface area contributed by atoms with Gasteiger partial charge in [0.2, 0.25) is 0 Å². The van der Waals surface area contributed by atoms with Crippen molar-refractivity contribution in [1.29, 1.82) is 0 Å². The Bertz CT molecular complexity index is 427. The SMILES string of the molecule is CC(N)c1cccc(B2OC(C)(C)C(C)(C)O2)c1. The summed E-state index contributed by atoms with van der Waals surface area (Å²) in [5.74, 6) is 0. The van der Waals surface area contributed by atoms with Gasteiger partial charge < -0.3 is 15.0 Å². The molecular formula is C14H22BNO2. The van der Waals surface area contributed by atoms with E-state index < -0.39 is 0 Å². The molecule has 1 saturated heterocycles. The maximum absolute atomic E-state index is 6.02. The predicted molar refractivity (Wildman–Crippen MR) is 74.8 cm³/mol. The molecule has 1 aromatic rings. The maximum Gasteiger partial charge on any atom is 0.494 e. The van der Waals surface area contributed by atoms with Gasteiger partial charge in [0.15, 0.2) is 0 Å². The Morgan fingerprint density at radius 2 is 1.67 bits per heavy atom. The highest BCUT2D eigenvalue weighted by atomic mass is 16.7. The smallest absolute Gasteiger partial charge is 0.399 e. The Balaban J connectivity index is 2.27. The summed E-state index contributed by atoms with van der Waals surface area (Å²) in [7, 11) is -0.311. The van der Waals surface area contributed by atoms with Gasteiger partial charge in [-0.25, -0.2) is 0 Å². The number of benzene rings is 1. The summed E-state index contributed by atoms with van der Waals surface area (Å²) in [4.78, 5) is 0. The third-order valence-corrected chi connectivity index (χ3v) is 3.96. The minimum atomic E-state index is -0.311. The molecule has 1 atom stereocenters. The van der Waals surface area contributed by atoms with Crippen molar-refractivity contribution in [2.45, 2.75) is 51.9 Å².